The molecule has 0 amide bonds. The van der Waals surface area contributed by atoms with Crippen molar-refractivity contribution in [3.63, 3.8) is 0 Å². The van der Waals surface area contributed by atoms with Gasteiger partial charge in [0, 0.05) is 0 Å². The van der Waals surface area contributed by atoms with Crippen molar-refractivity contribution < 1.29 is 19.3 Å². The highest BCUT2D eigenvalue weighted by Gasteiger charge is 2.55. The van der Waals surface area contributed by atoms with Crippen LogP contribution in [0.5, 0.6) is 0 Å². The number of aliphatic hydroxyl groups excluding tert-OH is 1. The second kappa shape index (κ2) is 2.66. The summed E-state index contributed by atoms with van der Waals surface area (Å²) < 4.78 is 15.7. The first-order chi connectivity index (χ1) is 6.03. The zero-order valence-corrected chi connectivity index (χ0v) is 7.43. The number of hydrogen-bond acceptors (Lipinski definition) is 5. The first-order valence-corrected chi connectivity index (χ1v) is 4.12. The van der Waals surface area contributed by atoms with Crippen LogP contribution in [0.15, 0.2) is 0 Å². The van der Waals surface area contributed by atoms with Crippen molar-refractivity contribution in [2.45, 2.75) is 44.2 Å². The summed E-state index contributed by atoms with van der Waals surface area (Å²) in [6, 6.07) is 1.92. The van der Waals surface area contributed by atoms with E-state index in [0.717, 1.165) is 0 Å². The molecule has 0 aromatic rings. The maximum atomic E-state index is 9.35. The van der Waals surface area contributed by atoms with E-state index in [-0.39, 0.29) is 0 Å². The van der Waals surface area contributed by atoms with Crippen LogP contribution in [0.1, 0.15) is 13.8 Å². The molecule has 2 rings (SSSR count). The van der Waals surface area contributed by atoms with Gasteiger partial charge < -0.3 is 19.3 Å². The minimum absolute atomic E-state index is 0.477. The fraction of sp³-hybridized carbons (Fsp3) is 0.875. The van der Waals surface area contributed by atoms with E-state index in [1.807, 2.05) is 6.07 Å². The van der Waals surface area contributed by atoms with Crippen molar-refractivity contribution in [2.24, 2.45) is 0 Å². The summed E-state index contributed by atoms with van der Waals surface area (Å²) in [5.41, 5.74) is 0. The smallest absolute Gasteiger partial charge is 0.185 e. The van der Waals surface area contributed by atoms with Gasteiger partial charge in [-0.25, -0.2) is 0 Å². The fourth-order valence-corrected chi connectivity index (χ4v) is 1.68. The van der Waals surface area contributed by atoms with Gasteiger partial charge in [0.2, 0.25) is 0 Å². The molecule has 0 radical (unpaired) electrons. The predicted octanol–water partition coefficient (Wildman–Crippen LogP) is -0.253. The van der Waals surface area contributed by atoms with E-state index in [2.05, 4.69) is 0 Å². The van der Waals surface area contributed by atoms with Gasteiger partial charge in [0.25, 0.3) is 0 Å². The Morgan fingerprint density at radius 3 is 2.54 bits per heavy atom. The van der Waals surface area contributed by atoms with E-state index < -0.39 is 30.4 Å². The average molecular weight is 185 g/mol. The van der Waals surface area contributed by atoms with Crippen LogP contribution in [0.2, 0.25) is 0 Å². The van der Waals surface area contributed by atoms with Gasteiger partial charge in [0.05, 0.1) is 6.07 Å². The van der Waals surface area contributed by atoms with Crippen LogP contribution in [0.25, 0.3) is 0 Å². The van der Waals surface area contributed by atoms with Gasteiger partial charge in [-0.1, -0.05) is 0 Å². The van der Waals surface area contributed by atoms with Gasteiger partial charge in [-0.15, -0.1) is 0 Å². The molecular formula is C8H11NO4. The van der Waals surface area contributed by atoms with Crippen molar-refractivity contribution >= 4 is 0 Å². The molecular weight excluding hydrogens is 174 g/mol. The summed E-state index contributed by atoms with van der Waals surface area (Å²) in [5.74, 6) is -0.741. The lowest BCUT2D eigenvalue weighted by Crippen LogP contribution is -2.29. The lowest BCUT2D eigenvalue weighted by Gasteiger charge is -2.20. The highest BCUT2D eigenvalue weighted by Crippen LogP contribution is 2.37. The molecule has 72 valence electrons. The van der Waals surface area contributed by atoms with Crippen molar-refractivity contribution in [1.82, 2.24) is 0 Å². The molecule has 1 N–H and O–H groups in total. The molecule has 5 heteroatoms. The highest BCUT2D eigenvalue weighted by atomic mass is 16.8. The van der Waals surface area contributed by atoms with Crippen molar-refractivity contribution in [1.29, 1.82) is 5.26 Å². The molecule has 0 aromatic carbocycles. The molecule has 2 heterocycles. The number of fused-ring (bicyclic) bond motifs is 1. The Labute approximate surface area is 75.8 Å². The molecule has 5 nitrogen and oxygen atoms in total. The molecule has 2 fully saturated rings. The summed E-state index contributed by atoms with van der Waals surface area (Å²) in [7, 11) is 0. The van der Waals surface area contributed by atoms with Gasteiger partial charge in [0.1, 0.15) is 12.2 Å². The van der Waals surface area contributed by atoms with Crippen LogP contribution < -0.4 is 0 Å². The summed E-state index contributed by atoms with van der Waals surface area (Å²) in [6.45, 7) is 3.49. The monoisotopic (exact) mass is 185 g/mol. The quantitative estimate of drug-likeness (QED) is 0.563. The predicted molar refractivity (Wildman–Crippen MR) is 40.3 cm³/mol. The number of ether oxygens (including phenoxy) is 3. The van der Waals surface area contributed by atoms with E-state index in [4.69, 9.17) is 19.5 Å². The zero-order valence-electron chi connectivity index (χ0n) is 7.43. The Hall–Kier alpha value is -0.670. The first kappa shape index (κ1) is 8.91. The Bertz CT molecular complexity index is 259. The second-order valence-electron chi connectivity index (χ2n) is 3.64. The Morgan fingerprint density at radius 1 is 1.31 bits per heavy atom. The van der Waals surface area contributed by atoms with Crippen molar-refractivity contribution in [2.75, 3.05) is 0 Å². The Balaban J connectivity index is 2.18. The molecule has 0 aromatic heterocycles. The van der Waals surface area contributed by atoms with Crippen LogP contribution in [0, 0.1) is 11.3 Å². The number of nitrogens with zero attached hydrogens (tertiary/aromatic N) is 1. The summed E-state index contributed by atoms with van der Waals surface area (Å²) >= 11 is 0. The maximum Gasteiger partial charge on any atom is 0.185 e. The van der Waals surface area contributed by atoms with Crippen molar-refractivity contribution in [3.8, 4) is 6.07 Å². The second-order valence-corrected chi connectivity index (χ2v) is 3.64. The average Bonchev–Trinajstić information content (AvgIpc) is 2.47. The molecule has 13 heavy (non-hydrogen) atoms. The van der Waals surface area contributed by atoms with Crippen molar-refractivity contribution in [3.05, 3.63) is 0 Å². The molecule has 0 aliphatic carbocycles. The molecule has 4 atom stereocenters. The van der Waals surface area contributed by atoms with Crippen LogP contribution in [-0.4, -0.2) is 35.5 Å². The normalized spacial score (nSPS) is 47.2. The maximum absolute atomic E-state index is 9.35. The third-order valence-corrected chi connectivity index (χ3v) is 2.16. The number of nitriles is 1. The molecule has 0 saturated carbocycles. The fourth-order valence-electron chi connectivity index (χ4n) is 1.68. The van der Waals surface area contributed by atoms with E-state index in [9.17, 15) is 5.11 Å². The third-order valence-electron chi connectivity index (χ3n) is 2.16. The molecule has 0 bridgehead atoms. The van der Waals surface area contributed by atoms with Gasteiger partial charge in [-0.05, 0) is 13.8 Å². The molecule has 2 aliphatic rings. The van der Waals surface area contributed by atoms with E-state index in [0.29, 0.717) is 0 Å². The molecule has 2 saturated heterocycles. The van der Waals surface area contributed by atoms with E-state index >= 15 is 0 Å². The molecule has 0 spiro atoms. The molecule has 2 aliphatic heterocycles. The Morgan fingerprint density at radius 2 is 1.92 bits per heavy atom. The molecule has 0 unspecified atom stereocenters. The minimum atomic E-state index is -1.06. The Kier molecular flexibility index (Phi) is 1.82. The minimum Gasteiger partial charge on any atom is -0.366 e. The first-order valence-electron chi connectivity index (χ1n) is 4.12. The SMILES string of the molecule is CC1(C)O[C@@H]2[C@H](O1)[C@@H](O)O[C@H]2C#N. The van der Waals surface area contributed by atoms with E-state index in [1.54, 1.807) is 13.8 Å². The standard InChI is InChI=1S/C8H11NO4/c1-8(2)12-5-4(3-9)11-7(10)6(5)13-8/h4-7,10H,1-2H3/t4-,5-,6-,7-/m0/s1. The summed E-state index contributed by atoms with van der Waals surface area (Å²) in [4.78, 5) is 0. The zero-order chi connectivity index (χ0) is 9.64. The number of hydrogen-bond donors (Lipinski definition) is 1. The van der Waals surface area contributed by atoms with Gasteiger partial charge in [-0.3, -0.25) is 0 Å². The van der Waals surface area contributed by atoms with Crippen LogP contribution >= 0.6 is 0 Å². The summed E-state index contributed by atoms with van der Waals surface area (Å²) in [6.07, 6.45) is -2.81. The van der Waals surface area contributed by atoms with Gasteiger partial charge in [-0.2, -0.15) is 5.26 Å². The van der Waals surface area contributed by atoms with Crippen LogP contribution in [0.3, 0.4) is 0 Å². The third kappa shape index (κ3) is 1.32. The lowest BCUT2D eigenvalue weighted by atomic mass is 10.1. The largest absolute Gasteiger partial charge is 0.366 e. The number of rotatable bonds is 0. The topological polar surface area (TPSA) is 71.7 Å². The number of aliphatic hydroxyl groups is 1. The summed E-state index contributed by atoms with van der Waals surface area (Å²) in [5, 5.41) is 18.0. The van der Waals surface area contributed by atoms with Gasteiger partial charge in [0.15, 0.2) is 18.2 Å². The van der Waals surface area contributed by atoms with Gasteiger partial charge >= 0.3 is 0 Å². The van der Waals surface area contributed by atoms with Crippen LogP contribution in [-0.2, 0) is 14.2 Å². The highest BCUT2D eigenvalue weighted by molar-refractivity contribution is 5.03. The van der Waals surface area contributed by atoms with Crippen LogP contribution in [0.4, 0.5) is 0 Å². The van der Waals surface area contributed by atoms with E-state index in [1.165, 1.54) is 0 Å². The lowest BCUT2D eigenvalue weighted by molar-refractivity contribution is -0.213.